The van der Waals surface area contributed by atoms with Gasteiger partial charge >= 0.3 is 0 Å². The topological polar surface area (TPSA) is 67.3 Å². The number of carbonyl (C=O) groups excluding carboxylic acids is 1. The number of amides is 1. The number of aryl methyl sites for hydroxylation is 1. The first kappa shape index (κ1) is 23.9. The maximum atomic E-state index is 14.4. The molecule has 0 spiro atoms. The number of nitrogens with zero attached hydrogens (tertiary/aromatic N) is 3. The van der Waals surface area contributed by atoms with Crippen LogP contribution in [0.1, 0.15) is 28.8 Å². The number of benzene rings is 2. The molecule has 5 rings (SSSR count). The van der Waals surface area contributed by atoms with Crippen LogP contribution < -0.4 is 10.1 Å². The Morgan fingerprint density at radius 1 is 1.17 bits per heavy atom. The minimum Gasteiger partial charge on any atom is -0.481 e. The zero-order valence-electron chi connectivity index (χ0n) is 20.7. The maximum Gasteiger partial charge on any atom is 0.255 e. The molecule has 36 heavy (non-hydrogen) atoms. The summed E-state index contributed by atoms with van der Waals surface area (Å²) in [6, 6.07) is 16.4. The molecule has 0 saturated carbocycles. The van der Waals surface area contributed by atoms with E-state index in [-0.39, 0.29) is 17.8 Å². The third-order valence-corrected chi connectivity index (χ3v) is 6.67. The van der Waals surface area contributed by atoms with Gasteiger partial charge in [-0.15, -0.1) is 0 Å². The van der Waals surface area contributed by atoms with Crippen LogP contribution in [-0.2, 0) is 0 Å². The highest BCUT2D eigenvalue weighted by atomic mass is 19.1. The van der Waals surface area contributed by atoms with Crippen LogP contribution in [0.2, 0.25) is 0 Å². The quantitative estimate of drug-likeness (QED) is 0.405. The number of carbonyl (C=O) groups is 1. The van der Waals surface area contributed by atoms with Crippen molar-refractivity contribution in [3.63, 3.8) is 0 Å². The molecule has 4 aromatic rings. The van der Waals surface area contributed by atoms with Crippen molar-refractivity contribution in [3.8, 4) is 28.3 Å². The molecule has 0 bridgehead atoms. The SMILES string of the molecule is COc1cccc(-c2ccc3ncc(-c4cc(C)cc(F)c4)c(C(=O)N(C)C[C@@H]4CCCN4)c3c2)n1. The molecule has 2 aromatic carbocycles. The monoisotopic (exact) mass is 484 g/mol. The number of likely N-dealkylation sites (N-methyl/N-ethyl adjacent to an activating group) is 1. The summed E-state index contributed by atoms with van der Waals surface area (Å²) >= 11 is 0. The number of ether oxygens (including phenoxy) is 1. The van der Waals surface area contributed by atoms with Gasteiger partial charge in [0.25, 0.3) is 5.91 Å². The number of rotatable bonds is 6. The van der Waals surface area contributed by atoms with Crippen LogP contribution in [0.3, 0.4) is 0 Å². The second kappa shape index (κ2) is 10.0. The lowest BCUT2D eigenvalue weighted by Crippen LogP contribution is -2.38. The smallest absolute Gasteiger partial charge is 0.255 e. The van der Waals surface area contributed by atoms with Gasteiger partial charge in [0.1, 0.15) is 5.82 Å². The van der Waals surface area contributed by atoms with Crippen molar-refractivity contribution in [2.24, 2.45) is 0 Å². The van der Waals surface area contributed by atoms with Crippen LogP contribution in [0.15, 0.2) is 60.8 Å². The molecule has 1 saturated heterocycles. The van der Waals surface area contributed by atoms with E-state index < -0.39 is 0 Å². The van der Waals surface area contributed by atoms with E-state index in [2.05, 4.69) is 15.3 Å². The molecule has 2 aromatic heterocycles. The predicted octanol–water partition coefficient (Wildman–Crippen LogP) is 5.24. The number of aromatic nitrogens is 2. The molecule has 0 radical (unpaired) electrons. The van der Waals surface area contributed by atoms with Crippen molar-refractivity contribution in [2.75, 3.05) is 27.2 Å². The number of hydrogen-bond acceptors (Lipinski definition) is 5. The van der Waals surface area contributed by atoms with Crippen molar-refractivity contribution >= 4 is 16.8 Å². The molecule has 1 aliphatic rings. The van der Waals surface area contributed by atoms with Crippen molar-refractivity contribution < 1.29 is 13.9 Å². The van der Waals surface area contributed by atoms with E-state index in [0.717, 1.165) is 36.2 Å². The van der Waals surface area contributed by atoms with E-state index in [9.17, 15) is 9.18 Å². The minimum atomic E-state index is -0.346. The number of pyridine rings is 2. The molecule has 6 nitrogen and oxygen atoms in total. The Bertz CT molecular complexity index is 1410. The lowest BCUT2D eigenvalue weighted by Gasteiger charge is -2.24. The summed E-state index contributed by atoms with van der Waals surface area (Å²) in [5.74, 6) is 0.0416. The van der Waals surface area contributed by atoms with E-state index >= 15 is 0 Å². The van der Waals surface area contributed by atoms with Crippen LogP contribution in [-0.4, -0.2) is 54.1 Å². The fraction of sp³-hybridized carbons (Fsp3) is 0.276. The summed E-state index contributed by atoms with van der Waals surface area (Å²) in [5, 5.41) is 4.16. The van der Waals surface area contributed by atoms with Gasteiger partial charge < -0.3 is 15.0 Å². The Hall–Kier alpha value is -3.84. The van der Waals surface area contributed by atoms with Crippen LogP contribution in [0, 0.1) is 12.7 Å². The predicted molar refractivity (Wildman–Crippen MR) is 140 cm³/mol. The fourth-order valence-electron chi connectivity index (χ4n) is 4.90. The molecule has 1 N–H and O–H groups in total. The van der Waals surface area contributed by atoms with E-state index in [1.165, 1.54) is 12.1 Å². The van der Waals surface area contributed by atoms with Crippen molar-refractivity contribution in [1.82, 2.24) is 20.2 Å². The van der Waals surface area contributed by atoms with Crippen LogP contribution in [0.25, 0.3) is 33.3 Å². The lowest BCUT2D eigenvalue weighted by molar-refractivity contribution is 0.0786. The summed E-state index contributed by atoms with van der Waals surface area (Å²) in [6.45, 7) is 3.41. The Kier molecular flexibility index (Phi) is 6.65. The molecule has 184 valence electrons. The average molecular weight is 485 g/mol. The Morgan fingerprint density at radius 2 is 2.03 bits per heavy atom. The number of fused-ring (bicyclic) bond motifs is 1. The number of hydrogen-bond donors (Lipinski definition) is 1. The van der Waals surface area contributed by atoms with Crippen molar-refractivity contribution in [1.29, 1.82) is 0 Å². The summed E-state index contributed by atoms with van der Waals surface area (Å²) in [5.41, 5.74) is 4.78. The molecule has 0 unspecified atom stereocenters. The maximum absolute atomic E-state index is 14.4. The van der Waals surface area contributed by atoms with Crippen molar-refractivity contribution in [2.45, 2.75) is 25.8 Å². The zero-order valence-corrected chi connectivity index (χ0v) is 20.7. The Labute approximate surface area is 210 Å². The van der Waals surface area contributed by atoms with Gasteiger partial charge in [0.05, 0.1) is 23.9 Å². The molecule has 1 fully saturated rings. The van der Waals surface area contributed by atoms with Crippen LogP contribution in [0.5, 0.6) is 5.88 Å². The highest BCUT2D eigenvalue weighted by Crippen LogP contribution is 2.33. The van der Waals surface area contributed by atoms with E-state index in [4.69, 9.17) is 4.74 Å². The molecule has 1 aliphatic heterocycles. The van der Waals surface area contributed by atoms with Gasteiger partial charge in [-0.2, -0.15) is 0 Å². The van der Waals surface area contributed by atoms with Crippen LogP contribution in [0.4, 0.5) is 4.39 Å². The minimum absolute atomic E-state index is 0.122. The third-order valence-electron chi connectivity index (χ3n) is 6.67. The summed E-state index contributed by atoms with van der Waals surface area (Å²) in [7, 11) is 3.40. The molecular formula is C29H29FN4O2. The summed E-state index contributed by atoms with van der Waals surface area (Å²) in [6.07, 6.45) is 3.82. The van der Waals surface area contributed by atoms with Gasteiger partial charge in [0.2, 0.25) is 5.88 Å². The third kappa shape index (κ3) is 4.79. The van der Waals surface area contributed by atoms with E-state index in [1.54, 1.807) is 24.3 Å². The fourth-order valence-corrected chi connectivity index (χ4v) is 4.90. The molecule has 3 heterocycles. The Balaban J connectivity index is 1.69. The highest BCUT2D eigenvalue weighted by molar-refractivity contribution is 6.12. The first-order valence-corrected chi connectivity index (χ1v) is 12.1. The largest absolute Gasteiger partial charge is 0.481 e. The number of methoxy groups -OCH3 is 1. The molecular weight excluding hydrogens is 455 g/mol. The molecule has 7 heteroatoms. The first-order valence-electron chi connectivity index (χ1n) is 12.1. The van der Waals surface area contributed by atoms with Crippen LogP contribution >= 0.6 is 0 Å². The van der Waals surface area contributed by atoms with Crippen molar-refractivity contribution in [3.05, 3.63) is 77.7 Å². The highest BCUT2D eigenvalue weighted by Gasteiger charge is 2.25. The molecule has 1 amide bonds. The van der Waals surface area contributed by atoms with E-state index in [0.29, 0.717) is 40.0 Å². The average Bonchev–Trinajstić information content (AvgIpc) is 3.39. The molecule has 0 aliphatic carbocycles. The Morgan fingerprint density at radius 3 is 2.78 bits per heavy atom. The first-order chi connectivity index (χ1) is 17.4. The summed E-state index contributed by atoms with van der Waals surface area (Å²) < 4.78 is 19.7. The van der Waals surface area contributed by atoms with Gasteiger partial charge in [0.15, 0.2) is 0 Å². The summed E-state index contributed by atoms with van der Waals surface area (Å²) in [4.78, 5) is 24.9. The van der Waals surface area contributed by atoms with Gasteiger partial charge in [0, 0.05) is 48.4 Å². The van der Waals surface area contributed by atoms with Gasteiger partial charge in [-0.1, -0.05) is 18.2 Å². The standard InChI is InChI=1S/C29H29FN4O2/c1-18-12-20(14-21(30)13-18)24-16-32-26-10-9-19(25-7-4-8-27(33-25)36-3)15-23(26)28(24)29(35)34(2)17-22-6-5-11-31-22/h4,7-10,12-16,22,31H,5-6,11,17H2,1-3H3/t22-/m0/s1. The van der Waals surface area contributed by atoms with Gasteiger partial charge in [-0.05, 0) is 67.8 Å². The second-order valence-corrected chi connectivity index (χ2v) is 9.34. The van der Waals surface area contributed by atoms with E-state index in [1.807, 2.05) is 50.4 Å². The molecule has 1 atom stereocenters. The lowest BCUT2D eigenvalue weighted by atomic mass is 9.94. The van der Waals surface area contributed by atoms with Gasteiger partial charge in [-0.25, -0.2) is 9.37 Å². The number of halogens is 1. The number of nitrogens with one attached hydrogen (secondary N) is 1. The normalized spacial score (nSPS) is 15.3. The van der Waals surface area contributed by atoms with Gasteiger partial charge in [-0.3, -0.25) is 9.78 Å². The zero-order chi connectivity index (χ0) is 25.2. The second-order valence-electron chi connectivity index (χ2n) is 9.34.